The molecule has 0 spiro atoms. The number of nitrogens with zero attached hydrogens (tertiary/aromatic N) is 1. The third kappa shape index (κ3) is 3.83. The molecule has 0 radical (unpaired) electrons. The fraction of sp³-hybridized carbons (Fsp3) is 0.440. The number of methoxy groups -OCH3 is 5. The highest BCUT2D eigenvalue weighted by molar-refractivity contribution is 5.87. The van der Waals surface area contributed by atoms with E-state index in [-0.39, 0.29) is 24.8 Å². The second-order valence-electron chi connectivity index (χ2n) is 8.06. The predicted molar refractivity (Wildman–Crippen MR) is 121 cm³/mol. The van der Waals surface area contributed by atoms with Gasteiger partial charge >= 0.3 is 5.97 Å². The minimum absolute atomic E-state index is 0.0613. The zero-order valence-electron chi connectivity index (χ0n) is 19.6. The molecule has 2 aromatic carbocycles. The van der Waals surface area contributed by atoms with Gasteiger partial charge in [-0.15, -0.1) is 0 Å². The van der Waals surface area contributed by atoms with Crippen LogP contribution in [-0.4, -0.2) is 58.9 Å². The van der Waals surface area contributed by atoms with Gasteiger partial charge in [0.05, 0.1) is 48.0 Å². The summed E-state index contributed by atoms with van der Waals surface area (Å²) in [6, 6.07) is 5.74. The van der Waals surface area contributed by atoms with Gasteiger partial charge in [-0.25, -0.2) is 0 Å². The highest BCUT2D eigenvalue weighted by Gasteiger charge is 2.39. The van der Waals surface area contributed by atoms with Crippen molar-refractivity contribution in [3.05, 3.63) is 34.9 Å². The monoisotopic (exact) mass is 455 g/mol. The maximum atomic E-state index is 13.2. The Labute approximate surface area is 193 Å². The van der Waals surface area contributed by atoms with Crippen molar-refractivity contribution < 1.29 is 33.3 Å². The SMILES string of the molecule is COC(=O)CCC(=O)N1CCc2cc(OC)c(OC)c3c2C1Cc1cc(OC)c(OC)cc1-3. The minimum Gasteiger partial charge on any atom is -0.493 e. The Morgan fingerprint density at radius 1 is 0.879 bits per heavy atom. The first-order valence-corrected chi connectivity index (χ1v) is 10.9. The second kappa shape index (κ2) is 9.21. The lowest BCUT2D eigenvalue weighted by molar-refractivity contribution is -0.144. The molecule has 0 saturated heterocycles. The van der Waals surface area contributed by atoms with Crippen molar-refractivity contribution in [2.24, 2.45) is 0 Å². The van der Waals surface area contributed by atoms with Crippen molar-refractivity contribution in [1.29, 1.82) is 0 Å². The molecule has 2 aromatic rings. The molecular formula is C25H29NO7. The summed E-state index contributed by atoms with van der Waals surface area (Å²) in [6.45, 7) is 0.565. The fourth-order valence-electron chi connectivity index (χ4n) is 4.97. The van der Waals surface area contributed by atoms with Gasteiger partial charge in [0.2, 0.25) is 5.91 Å². The Kier molecular flexibility index (Phi) is 6.35. The summed E-state index contributed by atoms with van der Waals surface area (Å²) < 4.78 is 27.3. The van der Waals surface area contributed by atoms with Crippen LogP contribution in [0, 0.1) is 0 Å². The van der Waals surface area contributed by atoms with Gasteiger partial charge in [0.15, 0.2) is 23.0 Å². The average Bonchev–Trinajstić information content (AvgIpc) is 2.85. The molecule has 8 nitrogen and oxygen atoms in total. The molecule has 33 heavy (non-hydrogen) atoms. The number of rotatable bonds is 7. The number of esters is 1. The molecule has 0 bridgehead atoms. The zero-order valence-corrected chi connectivity index (χ0v) is 19.6. The van der Waals surface area contributed by atoms with Gasteiger partial charge in [-0.3, -0.25) is 9.59 Å². The smallest absolute Gasteiger partial charge is 0.306 e. The molecule has 0 aromatic heterocycles. The van der Waals surface area contributed by atoms with Gasteiger partial charge in [-0.1, -0.05) is 0 Å². The second-order valence-corrected chi connectivity index (χ2v) is 8.06. The quantitative estimate of drug-likeness (QED) is 0.592. The molecule has 1 atom stereocenters. The Morgan fingerprint density at radius 2 is 1.55 bits per heavy atom. The van der Waals surface area contributed by atoms with Crippen LogP contribution in [0.15, 0.2) is 18.2 Å². The Morgan fingerprint density at radius 3 is 2.18 bits per heavy atom. The first-order chi connectivity index (χ1) is 16.0. The van der Waals surface area contributed by atoms with Crippen LogP contribution >= 0.6 is 0 Å². The van der Waals surface area contributed by atoms with Crippen LogP contribution in [0.5, 0.6) is 23.0 Å². The van der Waals surface area contributed by atoms with Crippen LogP contribution in [-0.2, 0) is 27.2 Å². The van der Waals surface area contributed by atoms with Gasteiger partial charge in [0.1, 0.15) is 0 Å². The number of hydrogen-bond donors (Lipinski definition) is 0. The summed E-state index contributed by atoms with van der Waals surface area (Å²) in [5.41, 5.74) is 5.09. The zero-order chi connectivity index (χ0) is 23.7. The van der Waals surface area contributed by atoms with E-state index in [0.717, 1.165) is 27.8 Å². The molecule has 2 aliphatic rings. The van der Waals surface area contributed by atoms with E-state index >= 15 is 0 Å². The number of carbonyl (C=O) groups is 2. The number of benzene rings is 2. The normalized spacial score (nSPS) is 15.8. The largest absolute Gasteiger partial charge is 0.493 e. The molecule has 1 aliphatic heterocycles. The summed E-state index contributed by atoms with van der Waals surface area (Å²) in [5.74, 6) is 2.06. The first kappa shape index (κ1) is 22.8. The number of carbonyl (C=O) groups excluding carboxylic acids is 2. The fourth-order valence-corrected chi connectivity index (χ4v) is 4.97. The lowest BCUT2D eigenvalue weighted by atomic mass is 9.76. The standard InChI is InChI=1S/C25H29NO7/c1-29-18-12-15-10-17-23-14(8-9-26(17)21(27)6-7-22(28)32-4)11-20(31-3)25(33-5)24(23)16(15)13-19(18)30-2/h11-13,17H,6-10H2,1-5H3. The number of ether oxygens (including phenoxy) is 5. The van der Waals surface area contributed by atoms with E-state index in [1.807, 2.05) is 23.1 Å². The summed E-state index contributed by atoms with van der Waals surface area (Å²) in [5, 5.41) is 0. The third-order valence-electron chi connectivity index (χ3n) is 6.51. The molecule has 1 amide bonds. The van der Waals surface area contributed by atoms with E-state index in [9.17, 15) is 9.59 Å². The van der Waals surface area contributed by atoms with Crippen LogP contribution in [0.4, 0.5) is 0 Å². The molecule has 8 heteroatoms. The van der Waals surface area contributed by atoms with E-state index < -0.39 is 5.97 Å². The Balaban J connectivity index is 1.88. The molecule has 1 unspecified atom stereocenters. The van der Waals surface area contributed by atoms with Gasteiger partial charge in [0, 0.05) is 18.5 Å². The van der Waals surface area contributed by atoms with E-state index in [0.29, 0.717) is 42.4 Å². The van der Waals surface area contributed by atoms with Gasteiger partial charge < -0.3 is 28.6 Å². The van der Waals surface area contributed by atoms with Crippen molar-refractivity contribution in [2.75, 3.05) is 42.1 Å². The molecule has 4 rings (SSSR count). The Hall–Kier alpha value is -3.42. The summed E-state index contributed by atoms with van der Waals surface area (Å²) in [7, 11) is 7.78. The average molecular weight is 456 g/mol. The first-order valence-electron chi connectivity index (χ1n) is 10.9. The number of hydrogen-bond acceptors (Lipinski definition) is 7. The van der Waals surface area contributed by atoms with Crippen molar-refractivity contribution in [1.82, 2.24) is 4.90 Å². The van der Waals surface area contributed by atoms with Crippen LogP contribution in [0.2, 0.25) is 0 Å². The highest BCUT2D eigenvalue weighted by atomic mass is 16.5. The van der Waals surface area contributed by atoms with Gasteiger partial charge in [-0.2, -0.15) is 0 Å². The third-order valence-corrected chi connectivity index (χ3v) is 6.51. The maximum absolute atomic E-state index is 13.2. The van der Waals surface area contributed by atoms with Crippen LogP contribution in [0.1, 0.15) is 35.6 Å². The van der Waals surface area contributed by atoms with Crippen LogP contribution in [0.25, 0.3) is 11.1 Å². The van der Waals surface area contributed by atoms with E-state index in [1.165, 1.54) is 7.11 Å². The summed E-state index contributed by atoms with van der Waals surface area (Å²) in [6.07, 6.45) is 1.48. The van der Waals surface area contributed by atoms with Crippen molar-refractivity contribution in [3.8, 4) is 34.1 Å². The summed E-state index contributed by atoms with van der Waals surface area (Å²) in [4.78, 5) is 26.7. The van der Waals surface area contributed by atoms with E-state index in [1.54, 1.807) is 28.4 Å². The number of fused-ring (bicyclic) bond motifs is 2. The van der Waals surface area contributed by atoms with Gasteiger partial charge in [0.25, 0.3) is 0 Å². The van der Waals surface area contributed by atoms with E-state index in [2.05, 4.69) is 0 Å². The molecule has 1 aliphatic carbocycles. The predicted octanol–water partition coefficient (Wildman–Crippen LogP) is 3.32. The Bertz CT molecular complexity index is 1090. The van der Waals surface area contributed by atoms with Crippen molar-refractivity contribution in [2.45, 2.75) is 31.7 Å². The highest BCUT2D eigenvalue weighted by Crippen LogP contribution is 2.54. The lowest BCUT2D eigenvalue weighted by Crippen LogP contribution is -2.42. The minimum atomic E-state index is -0.390. The molecule has 0 N–H and O–H groups in total. The van der Waals surface area contributed by atoms with Crippen molar-refractivity contribution in [3.63, 3.8) is 0 Å². The topological polar surface area (TPSA) is 83.5 Å². The lowest BCUT2D eigenvalue weighted by Gasteiger charge is -2.42. The molecule has 0 saturated carbocycles. The maximum Gasteiger partial charge on any atom is 0.306 e. The molecule has 176 valence electrons. The molecule has 0 fully saturated rings. The van der Waals surface area contributed by atoms with Gasteiger partial charge in [-0.05, 0) is 53.3 Å². The molecular weight excluding hydrogens is 426 g/mol. The van der Waals surface area contributed by atoms with Crippen LogP contribution in [0.3, 0.4) is 0 Å². The van der Waals surface area contributed by atoms with E-state index in [4.69, 9.17) is 23.7 Å². The van der Waals surface area contributed by atoms with Crippen LogP contribution < -0.4 is 18.9 Å². The molecule has 1 heterocycles. The number of amides is 1. The van der Waals surface area contributed by atoms with Crippen molar-refractivity contribution >= 4 is 11.9 Å². The summed E-state index contributed by atoms with van der Waals surface area (Å²) >= 11 is 0.